The van der Waals surface area contributed by atoms with Crippen LogP contribution >= 0.6 is 24.8 Å². The number of nitrogens with zero attached hydrogens (tertiary/aromatic N) is 2. The smallest absolute Gasteiger partial charge is 0.224 e. The van der Waals surface area contributed by atoms with Crippen molar-refractivity contribution in [2.24, 2.45) is 5.92 Å². The topological polar surface area (TPSA) is 35.6 Å². The molecule has 22 heavy (non-hydrogen) atoms. The molecule has 6 heteroatoms. The maximum Gasteiger partial charge on any atom is 0.224 e. The van der Waals surface area contributed by atoms with Gasteiger partial charge in [0.15, 0.2) is 0 Å². The van der Waals surface area contributed by atoms with Gasteiger partial charge in [0, 0.05) is 32.1 Å². The summed E-state index contributed by atoms with van der Waals surface area (Å²) in [5, 5.41) is 3.43. The van der Waals surface area contributed by atoms with Gasteiger partial charge in [0.1, 0.15) is 0 Å². The largest absolute Gasteiger partial charge is 0.343 e. The van der Waals surface area contributed by atoms with E-state index in [2.05, 4.69) is 15.1 Å². The third kappa shape index (κ3) is 5.55. The monoisotopic (exact) mass is 351 g/mol. The van der Waals surface area contributed by atoms with Gasteiger partial charge in [-0.2, -0.15) is 0 Å². The molecule has 1 N–H and O–H groups in total. The number of halogens is 2. The highest BCUT2D eigenvalue weighted by atomic mass is 35.5. The molecule has 0 saturated carbocycles. The zero-order valence-electron chi connectivity index (χ0n) is 13.5. The van der Waals surface area contributed by atoms with Crippen LogP contribution in [0.1, 0.15) is 44.9 Å². The van der Waals surface area contributed by atoms with Crippen molar-refractivity contribution in [3.8, 4) is 0 Å². The molecule has 1 atom stereocenters. The van der Waals surface area contributed by atoms with E-state index >= 15 is 0 Å². The maximum atomic E-state index is 12.3. The van der Waals surface area contributed by atoms with Crippen LogP contribution in [-0.2, 0) is 4.79 Å². The van der Waals surface area contributed by atoms with Crippen molar-refractivity contribution in [1.29, 1.82) is 0 Å². The fourth-order valence-electron chi connectivity index (χ4n) is 3.97. The van der Waals surface area contributed by atoms with Crippen molar-refractivity contribution in [1.82, 2.24) is 15.1 Å². The van der Waals surface area contributed by atoms with Gasteiger partial charge in [0.05, 0.1) is 0 Å². The molecular formula is C16H31Cl2N3O. The summed E-state index contributed by atoms with van der Waals surface area (Å²) < 4.78 is 0. The number of amides is 1. The lowest BCUT2D eigenvalue weighted by Gasteiger charge is -2.34. The number of likely N-dealkylation sites (tertiary alicyclic amines) is 2. The Hall–Kier alpha value is -0.0300. The first-order valence-corrected chi connectivity index (χ1v) is 8.55. The molecule has 0 aromatic heterocycles. The predicted molar refractivity (Wildman–Crippen MR) is 95.1 cm³/mol. The van der Waals surface area contributed by atoms with Crippen LogP contribution in [0.5, 0.6) is 0 Å². The highest BCUT2D eigenvalue weighted by molar-refractivity contribution is 5.85. The number of piperidine rings is 1. The van der Waals surface area contributed by atoms with Crippen LogP contribution in [-0.4, -0.2) is 61.0 Å². The standard InChI is InChI=1S/C16H29N3O.2ClH/c20-16(12-15-4-3-7-17-15)19-10-5-14(6-11-19)13-18-8-1-2-9-18;;/h14-15,17H,1-13H2;2*1H. The van der Waals surface area contributed by atoms with Crippen molar-refractivity contribution >= 4 is 30.7 Å². The molecule has 0 aromatic carbocycles. The predicted octanol–water partition coefficient (Wildman–Crippen LogP) is 2.31. The molecule has 3 saturated heterocycles. The van der Waals surface area contributed by atoms with Gasteiger partial charge in [-0.3, -0.25) is 4.79 Å². The van der Waals surface area contributed by atoms with Gasteiger partial charge >= 0.3 is 0 Å². The van der Waals surface area contributed by atoms with Gasteiger partial charge in [-0.05, 0) is 64.1 Å². The van der Waals surface area contributed by atoms with E-state index in [1.54, 1.807) is 0 Å². The van der Waals surface area contributed by atoms with Crippen molar-refractivity contribution in [2.75, 3.05) is 39.3 Å². The van der Waals surface area contributed by atoms with Crippen LogP contribution in [0, 0.1) is 5.92 Å². The summed E-state index contributed by atoms with van der Waals surface area (Å²) in [5.41, 5.74) is 0. The second-order valence-electron chi connectivity index (χ2n) is 6.83. The lowest BCUT2D eigenvalue weighted by atomic mass is 9.95. The molecule has 3 rings (SSSR count). The minimum Gasteiger partial charge on any atom is -0.343 e. The zero-order chi connectivity index (χ0) is 13.8. The van der Waals surface area contributed by atoms with E-state index in [0.29, 0.717) is 11.9 Å². The van der Waals surface area contributed by atoms with E-state index in [4.69, 9.17) is 0 Å². The highest BCUT2D eigenvalue weighted by Crippen LogP contribution is 2.21. The second kappa shape index (κ2) is 9.96. The Morgan fingerprint density at radius 2 is 1.64 bits per heavy atom. The molecule has 4 nitrogen and oxygen atoms in total. The summed E-state index contributed by atoms with van der Waals surface area (Å²) in [5.74, 6) is 1.20. The molecule has 0 aliphatic carbocycles. The lowest BCUT2D eigenvalue weighted by Crippen LogP contribution is -2.43. The van der Waals surface area contributed by atoms with E-state index in [1.807, 2.05) is 0 Å². The highest BCUT2D eigenvalue weighted by Gasteiger charge is 2.27. The molecule has 3 fully saturated rings. The van der Waals surface area contributed by atoms with Gasteiger partial charge in [0.2, 0.25) is 5.91 Å². The van der Waals surface area contributed by atoms with Crippen molar-refractivity contribution < 1.29 is 4.79 Å². The van der Waals surface area contributed by atoms with E-state index in [0.717, 1.165) is 32.0 Å². The molecular weight excluding hydrogens is 321 g/mol. The van der Waals surface area contributed by atoms with Crippen LogP contribution < -0.4 is 5.32 Å². The molecule has 0 aromatic rings. The summed E-state index contributed by atoms with van der Waals surface area (Å²) in [6.07, 6.45) is 8.31. The number of carbonyl (C=O) groups is 1. The first-order chi connectivity index (χ1) is 9.81. The first-order valence-electron chi connectivity index (χ1n) is 8.55. The lowest BCUT2D eigenvalue weighted by molar-refractivity contribution is -0.133. The van der Waals surface area contributed by atoms with Gasteiger partial charge < -0.3 is 15.1 Å². The van der Waals surface area contributed by atoms with Crippen LogP contribution in [0.25, 0.3) is 0 Å². The van der Waals surface area contributed by atoms with Crippen LogP contribution in [0.3, 0.4) is 0 Å². The molecule has 1 amide bonds. The quantitative estimate of drug-likeness (QED) is 0.843. The van der Waals surface area contributed by atoms with Crippen molar-refractivity contribution in [3.63, 3.8) is 0 Å². The zero-order valence-corrected chi connectivity index (χ0v) is 15.1. The van der Waals surface area contributed by atoms with Gasteiger partial charge in [-0.25, -0.2) is 0 Å². The third-order valence-corrected chi connectivity index (χ3v) is 5.27. The normalized spacial score (nSPS) is 26.5. The third-order valence-electron chi connectivity index (χ3n) is 5.27. The molecule has 3 heterocycles. The summed E-state index contributed by atoms with van der Waals surface area (Å²) in [6.45, 7) is 6.94. The summed E-state index contributed by atoms with van der Waals surface area (Å²) >= 11 is 0. The van der Waals surface area contributed by atoms with Crippen molar-refractivity contribution in [3.05, 3.63) is 0 Å². The molecule has 0 bridgehead atoms. The summed E-state index contributed by atoms with van der Waals surface area (Å²) in [6, 6.07) is 0.449. The van der Waals surface area contributed by atoms with Gasteiger partial charge in [-0.15, -0.1) is 24.8 Å². The summed E-state index contributed by atoms with van der Waals surface area (Å²) in [4.78, 5) is 17.0. The minimum atomic E-state index is 0. The fraction of sp³-hybridized carbons (Fsp3) is 0.938. The molecule has 0 spiro atoms. The Balaban J connectivity index is 0.00000121. The Morgan fingerprint density at radius 3 is 2.23 bits per heavy atom. The van der Waals surface area contributed by atoms with Crippen molar-refractivity contribution in [2.45, 2.75) is 51.0 Å². The second-order valence-corrected chi connectivity index (χ2v) is 6.83. The first kappa shape index (κ1) is 20.0. The SMILES string of the molecule is Cl.Cl.O=C(CC1CCCN1)N1CCC(CN2CCCC2)CC1. The number of carbonyl (C=O) groups excluding carboxylic acids is 1. The molecule has 1 unspecified atom stereocenters. The number of nitrogens with one attached hydrogen (secondary N) is 1. The Bertz CT molecular complexity index is 323. The Labute approximate surface area is 147 Å². The molecule has 3 aliphatic heterocycles. The van der Waals surface area contributed by atoms with Crippen LogP contribution in [0.15, 0.2) is 0 Å². The van der Waals surface area contributed by atoms with Crippen LogP contribution in [0.4, 0.5) is 0 Å². The number of rotatable bonds is 4. The Morgan fingerprint density at radius 1 is 0.955 bits per heavy atom. The maximum absolute atomic E-state index is 12.3. The van der Waals surface area contributed by atoms with Gasteiger partial charge in [0.25, 0.3) is 0 Å². The van der Waals surface area contributed by atoms with E-state index in [1.165, 1.54) is 58.2 Å². The van der Waals surface area contributed by atoms with Gasteiger partial charge in [-0.1, -0.05) is 0 Å². The average Bonchev–Trinajstić information content (AvgIpc) is 3.13. The summed E-state index contributed by atoms with van der Waals surface area (Å²) in [7, 11) is 0. The Kier molecular flexibility index (Phi) is 9.07. The van der Waals surface area contributed by atoms with E-state index < -0.39 is 0 Å². The molecule has 130 valence electrons. The number of hydrogen-bond donors (Lipinski definition) is 1. The van der Waals surface area contributed by atoms with Crippen LogP contribution in [0.2, 0.25) is 0 Å². The van der Waals surface area contributed by atoms with E-state index in [-0.39, 0.29) is 24.8 Å². The molecule has 0 radical (unpaired) electrons. The minimum absolute atomic E-state index is 0. The average molecular weight is 352 g/mol. The van der Waals surface area contributed by atoms with E-state index in [9.17, 15) is 4.79 Å². The number of hydrogen-bond acceptors (Lipinski definition) is 3. The molecule has 3 aliphatic rings. The fourth-order valence-corrected chi connectivity index (χ4v) is 3.97.